The topological polar surface area (TPSA) is 52.2 Å². The monoisotopic (exact) mass is 300 g/mol. The summed E-state index contributed by atoms with van der Waals surface area (Å²) >= 11 is 1.51. The molecule has 0 saturated heterocycles. The number of hydrogen-bond acceptors (Lipinski definition) is 3. The summed E-state index contributed by atoms with van der Waals surface area (Å²) in [6.45, 7) is 3.97. The van der Waals surface area contributed by atoms with Crippen molar-refractivity contribution in [3.05, 3.63) is 46.0 Å². The number of aromatic nitrogens is 3. The zero-order chi connectivity index (χ0) is 15.1. The van der Waals surface area contributed by atoms with E-state index in [1.165, 1.54) is 16.9 Å². The fourth-order valence-electron chi connectivity index (χ4n) is 2.31. The highest BCUT2D eigenvalue weighted by atomic mass is 32.1. The molecule has 21 heavy (non-hydrogen) atoms. The van der Waals surface area contributed by atoms with E-state index >= 15 is 0 Å². The van der Waals surface area contributed by atoms with Crippen LogP contribution in [0, 0.1) is 13.8 Å². The summed E-state index contributed by atoms with van der Waals surface area (Å²) in [6, 6.07) is 7.87. The molecule has 0 aliphatic heterocycles. The molecule has 0 fully saturated rings. The van der Waals surface area contributed by atoms with Gasteiger partial charge in [-0.05, 0) is 31.5 Å². The zero-order valence-corrected chi connectivity index (χ0v) is 13.2. The smallest absolute Gasteiger partial charge is 0.300 e. The van der Waals surface area contributed by atoms with E-state index in [1.807, 2.05) is 37.7 Å². The molecule has 1 aromatic carbocycles. The van der Waals surface area contributed by atoms with Gasteiger partial charge in [-0.1, -0.05) is 23.5 Å². The number of fused-ring (bicyclic) bond motifs is 1. The van der Waals surface area contributed by atoms with Gasteiger partial charge in [0.05, 0.1) is 10.2 Å². The van der Waals surface area contributed by atoms with Gasteiger partial charge in [0.15, 0.2) is 10.5 Å². The Labute approximate surface area is 126 Å². The van der Waals surface area contributed by atoms with Gasteiger partial charge in [0.1, 0.15) is 0 Å². The Balaban J connectivity index is 2.13. The number of carbonyl (C=O) groups excluding carboxylic acids is 1. The van der Waals surface area contributed by atoms with Crippen LogP contribution in [0.2, 0.25) is 0 Å². The first-order chi connectivity index (χ1) is 9.97. The quantitative estimate of drug-likeness (QED) is 0.692. The number of benzene rings is 1. The summed E-state index contributed by atoms with van der Waals surface area (Å²) < 4.78 is 4.77. The van der Waals surface area contributed by atoms with Crippen LogP contribution in [0.5, 0.6) is 0 Å². The predicted octanol–water partition coefficient (Wildman–Crippen LogP) is 2.33. The third-order valence-electron chi connectivity index (χ3n) is 3.55. The van der Waals surface area contributed by atoms with Gasteiger partial charge in [-0.15, -0.1) is 0 Å². The Morgan fingerprint density at radius 3 is 2.67 bits per heavy atom. The minimum Gasteiger partial charge on any atom is -0.319 e. The number of rotatable bonds is 1. The molecule has 0 N–H and O–H groups in total. The maximum atomic E-state index is 12.2. The molecule has 0 aliphatic rings. The van der Waals surface area contributed by atoms with Crippen molar-refractivity contribution < 1.29 is 4.79 Å². The van der Waals surface area contributed by atoms with E-state index in [0.717, 1.165) is 15.9 Å². The van der Waals surface area contributed by atoms with Gasteiger partial charge in [-0.25, -0.2) is 0 Å². The minimum atomic E-state index is -0.307. The van der Waals surface area contributed by atoms with E-state index in [4.69, 9.17) is 0 Å². The number of nitrogens with zero attached hydrogens (tertiary/aromatic N) is 4. The molecule has 3 rings (SSSR count). The molecule has 1 amide bonds. The van der Waals surface area contributed by atoms with E-state index in [2.05, 4.69) is 23.1 Å². The second kappa shape index (κ2) is 4.96. The van der Waals surface area contributed by atoms with Crippen molar-refractivity contribution in [1.29, 1.82) is 0 Å². The molecular weight excluding hydrogens is 284 g/mol. The van der Waals surface area contributed by atoms with E-state index in [-0.39, 0.29) is 5.91 Å². The van der Waals surface area contributed by atoms with Gasteiger partial charge in [-0.3, -0.25) is 9.48 Å². The SMILES string of the molecule is Cc1cccc2sc(=NC(=O)c3cc(C)n(C)n3)n(C)c12. The van der Waals surface area contributed by atoms with Gasteiger partial charge in [0.25, 0.3) is 5.91 Å². The third kappa shape index (κ3) is 2.31. The maximum Gasteiger partial charge on any atom is 0.300 e. The molecule has 5 nitrogen and oxygen atoms in total. The average molecular weight is 300 g/mol. The van der Waals surface area contributed by atoms with Crippen LogP contribution in [0.1, 0.15) is 21.7 Å². The van der Waals surface area contributed by atoms with Crippen LogP contribution in [0.15, 0.2) is 29.3 Å². The lowest BCUT2D eigenvalue weighted by Crippen LogP contribution is -2.14. The van der Waals surface area contributed by atoms with Crippen LogP contribution >= 0.6 is 11.3 Å². The zero-order valence-electron chi connectivity index (χ0n) is 12.4. The van der Waals surface area contributed by atoms with Gasteiger partial charge in [0.2, 0.25) is 0 Å². The molecule has 0 aliphatic carbocycles. The number of amides is 1. The third-order valence-corrected chi connectivity index (χ3v) is 4.65. The highest BCUT2D eigenvalue weighted by Crippen LogP contribution is 2.19. The van der Waals surface area contributed by atoms with E-state index in [9.17, 15) is 4.79 Å². The number of hydrogen-bond donors (Lipinski definition) is 0. The average Bonchev–Trinajstić information content (AvgIpc) is 2.93. The Morgan fingerprint density at radius 2 is 2.05 bits per heavy atom. The summed E-state index contributed by atoms with van der Waals surface area (Å²) in [6.07, 6.45) is 0. The van der Waals surface area contributed by atoms with Crippen LogP contribution in [-0.2, 0) is 14.1 Å². The van der Waals surface area contributed by atoms with Crippen molar-refractivity contribution in [2.24, 2.45) is 19.1 Å². The number of carbonyl (C=O) groups is 1. The molecule has 0 spiro atoms. The largest absolute Gasteiger partial charge is 0.319 e. The van der Waals surface area contributed by atoms with Gasteiger partial charge in [0, 0.05) is 19.8 Å². The molecule has 0 unspecified atom stereocenters. The molecule has 0 saturated carbocycles. The Kier molecular flexibility index (Phi) is 3.25. The molecule has 2 heterocycles. The maximum absolute atomic E-state index is 12.2. The summed E-state index contributed by atoms with van der Waals surface area (Å²) in [4.78, 5) is 17.2. The van der Waals surface area contributed by atoms with E-state index < -0.39 is 0 Å². The number of para-hydroxylation sites is 1. The normalized spacial score (nSPS) is 12.3. The van der Waals surface area contributed by atoms with Gasteiger partial charge < -0.3 is 4.57 Å². The predicted molar refractivity (Wildman–Crippen MR) is 83.4 cm³/mol. The fraction of sp³-hybridized carbons (Fsp3) is 0.267. The summed E-state index contributed by atoms with van der Waals surface area (Å²) in [5, 5.41) is 4.18. The first kappa shape index (κ1) is 13.8. The highest BCUT2D eigenvalue weighted by molar-refractivity contribution is 7.16. The van der Waals surface area contributed by atoms with E-state index in [1.54, 1.807) is 10.7 Å². The number of aryl methyl sites for hydroxylation is 4. The first-order valence-electron chi connectivity index (χ1n) is 6.62. The summed E-state index contributed by atoms with van der Waals surface area (Å²) in [5.74, 6) is -0.307. The summed E-state index contributed by atoms with van der Waals surface area (Å²) in [7, 11) is 3.75. The second-order valence-corrected chi connectivity index (χ2v) is 6.09. The van der Waals surface area contributed by atoms with Gasteiger partial charge in [-0.2, -0.15) is 10.1 Å². The number of thiazole rings is 1. The lowest BCUT2D eigenvalue weighted by Gasteiger charge is -1.98. The lowest BCUT2D eigenvalue weighted by molar-refractivity contribution is 0.0992. The van der Waals surface area contributed by atoms with Crippen molar-refractivity contribution in [3.63, 3.8) is 0 Å². The standard InChI is InChI=1S/C15H16N4OS/c1-9-6-5-7-12-13(9)18(3)15(21-12)16-14(20)11-8-10(2)19(4)17-11/h5-8H,1-4H3. The van der Waals surface area contributed by atoms with Crippen molar-refractivity contribution in [2.45, 2.75) is 13.8 Å². The Hall–Kier alpha value is -2.21. The molecular formula is C15H16N4OS. The van der Waals surface area contributed by atoms with Crippen LogP contribution in [-0.4, -0.2) is 20.3 Å². The summed E-state index contributed by atoms with van der Waals surface area (Å²) in [5.41, 5.74) is 3.61. The van der Waals surface area contributed by atoms with Crippen LogP contribution < -0.4 is 4.80 Å². The molecule has 0 bridgehead atoms. The molecule has 0 radical (unpaired) electrons. The Bertz CT molecular complexity index is 894. The molecule has 108 valence electrons. The fourth-order valence-corrected chi connectivity index (χ4v) is 3.41. The lowest BCUT2D eigenvalue weighted by atomic mass is 10.2. The molecule has 0 atom stereocenters. The van der Waals surface area contributed by atoms with Crippen molar-refractivity contribution in [1.82, 2.24) is 14.3 Å². The van der Waals surface area contributed by atoms with Crippen LogP contribution in [0.25, 0.3) is 10.2 Å². The van der Waals surface area contributed by atoms with Crippen molar-refractivity contribution in [2.75, 3.05) is 0 Å². The van der Waals surface area contributed by atoms with Crippen LogP contribution in [0.4, 0.5) is 0 Å². The highest BCUT2D eigenvalue weighted by Gasteiger charge is 2.11. The minimum absolute atomic E-state index is 0.307. The van der Waals surface area contributed by atoms with E-state index in [0.29, 0.717) is 10.5 Å². The molecule has 2 aromatic heterocycles. The molecule has 6 heteroatoms. The molecule has 3 aromatic rings. The van der Waals surface area contributed by atoms with Gasteiger partial charge >= 0.3 is 0 Å². The van der Waals surface area contributed by atoms with Crippen LogP contribution in [0.3, 0.4) is 0 Å². The second-order valence-electron chi connectivity index (χ2n) is 5.08. The van der Waals surface area contributed by atoms with Crippen molar-refractivity contribution in [3.8, 4) is 0 Å². The first-order valence-corrected chi connectivity index (χ1v) is 7.44. The van der Waals surface area contributed by atoms with Crippen molar-refractivity contribution >= 4 is 27.5 Å². The Morgan fingerprint density at radius 1 is 1.29 bits per heavy atom.